The van der Waals surface area contributed by atoms with E-state index in [0.717, 1.165) is 43.2 Å². The van der Waals surface area contributed by atoms with Crippen molar-refractivity contribution in [3.8, 4) is 5.75 Å². The molecule has 1 aliphatic rings. The molecule has 0 radical (unpaired) electrons. The number of nitrogens with one attached hydrogen (secondary N) is 2. The number of rotatable bonds is 8. The highest BCUT2D eigenvalue weighted by molar-refractivity contribution is 5.85. The van der Waals surface area contributed by atoms with Crippen LogP contribution in [-0.4, -0.2) is 64.9 Å². The van der Waals surface area contributed by atoms with E-state index in [4.69, 9.17) is 9.47 Å². The molecule has 1 fully saturated rings. The lowest BCUT2D eigenvalue weighted by atomic mass is 10.1. The summed E-state index contributed by atoms with van der Waals surface area (Å²) in [6.07, 6.45) is 0.415. The van der Waals surface area contributed by atoms with Gasteiger partial charge in [-0.2, -0.15) is 0 Å². The maximum Gasteiger partial charge on any atom is 0.328 e. The zero-order chi connectivity index (χ0) is 21.3. The van der Waals surface area contributed by atoms with Gasteiger partial charge in [0.25, 0.3) is 5.91 Å². The molecule has 2 aromatic rings. The first-order valence-electron chi connectivity index (χ1n) is 10.2. The molecule has 0 bridgehead atoms. The molecule has 1 aliphatic heterocycles. The first-order valence-corrected chi connectivity index (χ1v) is 10.2. The summed E-state index contributed by atoms with van der Waals surface area (Å²) in [4.78, 5) is 28.2. The number of carbonyl (C=O) groups is 2. The van der Waals surface area contributed by atoms with Gasteiger partial charge in [0.1, 0.15) is 11.8 Å². The number of ether oxygens (including phenoxy) is 2. The number of hydrogen-bond donors (Lipinski definition) is 2. The maximum absolute atomic E-state index is 12.6. The van der Waals surface area contributed by atoms with E-state index in [0.29, 0.717) is 13.0 Å². The molecule has 0 spiro atoms. The van der Waals surface area contributed by atoms with Gasteiger partial charge in [-0.15, -0.1) is 0 Å². The molecule has 1 atom stereocenters. The van der Waals surface area contributed by atoms with E-state index in [1.54, 1.807) is 7.11 Å². The Hall–Kier alpha value is -3.06. The van der Waals surface area contributed by atoms with Crippen LogP contribution in [0.15, 0.2) is 54.6 Å². The Balaban J connectivity index is 1.51. The molecule has 1 saturated heterocycles. The minimum Gasteiger partial charge on any atom is -0.497 e. The van der Waals surface area contributed by atoms with Crippen molar-refractivity contribution in [2.75, 3.05) is 51.8 Å². The van der Waals surface area contributed by atoms with E-state index in [1.807, 2.05) is 48.5 Å². The smallest absolute Gasteiger partial charge is 0.328 e. The van der Waals surface area contributed by atoms with Crippen LogP contribution in [0.1, 0.15) is 5.56 Å². The van der Waals surface area contributed by atoms with E-state index in [1.165, 1.54) is 12.0 Å². The fourth-order valence-corrected chi connectivity index (χ4v) is 3.72. The summed E-state index contributed by atoms with van der Waals surface area (Å²) in [5.74, 6) is 0.283. The molecule has 0 aliphatic carbocycles. The topological polar surface area (TPSA) is 72.3 Å². The molecule has 2 aromatic carbocycles. The predicted octanol–water partition coefficient (Wildman–Crippen LogP) is 0.301. The number of nitrogens with zero attached hydrogens (tertiary/aromatic N) is 1. The number of esters is 1. The number of anilines is 1. The van der Waals surface area contributed by atoms with Crippen LogP contribution in [0, 0.1) is 0 Å². The van der Waals surface area contributed by atoms with E-state index < -0.39 is 12.0 Å². The summed E-state index contributed by atoms with van der Waals surface area (Å²) in [6.45, 7) is 3.77. The molecule has 0 saturated carbocycles. The zero-order valence-corrected chi connectivity index (χ0v) is 17.6. The highest BCUT2D eigenvalue weighted by atomic mass is 16.5. The molecule has 1 heterocycles. The van der Waals surface area contributed by atoms with Gasteiger partial charge in [0, 0.05) is 18.2 Å². The largest absolute Gasteiger partial charge is 0.497 e. The van der Waals surface area contributed by atoms with Crippen molar-refractivity contribution < 1.29 is 24.0 Å². The van der Waals surface area contributed by atoms with Crippen LogP contribution in [0.25, 0.3) is 0 Å². The van der Waals surface area contributed by atoms with Gasteiger partial charge in [-0.05, 0) is 17.7 Å². The van der Waals surface area contributed by atoms with Crippen molar-refractivity contribution in [3.63, 3.8) is 0 Å². The third-order valence-electron chi connectivity index (χ3n) is 5.40. The Bertz CT molecular complexity index is 835. The third-order valence-corrected chi connectivity index (χ3v) is 5.40. The van der Waals surface area contributed by atoms with Gasteiger partial charge in [0.2, 0.25) is 0 Å². The molecule has 7 heteroatoms. The van der Waals surface area contributed by atoms with Gasteiger partial charge in [0.15, 0.2) is 6.54 Å². The molecule has 7 nitrogen and oxygen atoms in total. The first kappa shape index (κ1) is 21.6. The lowest BCUT2D eigenvalue weighted by Crippen LogP contribution is -3.16. The average molecular weight is 413 g/mol. The van der Waals surface area contributed by atoms with Gasteiger partial charge < -0.3 is 24.6 Å². The molecular weight excluding hydrogens is 382 g/mol. The highest BCUT2D eigenvalue weighted by Crippen LogP contribution is 2.20. The number of carbonyl (C=O) groups excluding carboxylic acids is 2. The van der Waals surface area contributed by atoms with Gasteiger partial charge in [-0.3, -0.25) is 4.79 Å². The van der Waals surface area contributed by atoms with Crippen LogP contribution in [0.4, 0.5) is 5.69 Å². The fourth-order valence-electron chi connectivity index (χ4n) is 3.72. The standard InChI is InChI=1S/C23H29N3O4/c1-29-20-10-6-9-19(16-20)26-13-11-25(12-14-26)17-22(27)24-21(23(28)30-2)15-18-7-4-3-5-8-18/h3-10,16,21H,11-15,17H2,1-2H3,(H,24,27)/p+1/t21-/m0/s1. The average Bonchev–Trinajstić information content (AvgIpc) is 2.79. The van der Waals surface area contributed by atoms with E-state index in [2.05, 4.69) is 16.3 Å². The van der Waals surface area contributed by atoms with Crippen molar-refractivity contribution in [3.05, 3.63) is 60.2 Å². The lowest BCUT2D eigenvalue weighted by molar-refractivity contribution is -0.892. The van der Waals surface area contributed by atoms with E-state index >= 15 is 0 Å². The van der Waals surface area contributed by atoms with Gasteiger partial charge in [-0.25, -0.2) is 4.79 Å². The monoisotopic (exact) mass is 412 g/mol. The van der Waals surface area contributed by atoms with Crippen molar-refractivity contribution in [1.82, 2.24) is 5.32 Å². The summed E-state index contributed by atoms with van der Waals surface area (Å²) in [7, 11) is 3.01. The summed E-state index contributed by atoms with van der Waals surface area (Å²) < 4.78 is 10.2. The fraction of sp³-hybridized carbons (Fsp3) is 0.391. The van der Waals surface area contributed by atoms with Crippen molar-refractivity contribution in [2.45, 2.75) is 12.5 Å². The molecule has 3 rings (SSSR count). The second-order valence-electron chi connectivity index (χ2n) is 7.45. The number of methoxy groups -OCH3 is 2. The minimum atomic E-state index is -0.678. The number of piperazine rings is 1. The molecule has 1 amide bonds. The summed E-state index contributed by atoms with van der Waals surface area (Å²) in [6, 6.07) is 17.0. The molecule has 2 N–H and O–H groups in total. The van der Waals surface area contributed by atoms with Crippen LogP contribution in [0.3, 0.4) is 0 Å². The third kappa shape index (κ3) is 5.97. The van der Waals surface area contributed by atoms with Crippen LogP contribution in [0.2, 0.25) is 0 Å². The van der Waals surface area contributed by atoms with Crippen LogP contribution < -0.4 is 19.9 Å². The molecule has 0 aromatic heterocycles. The van der Waals surface area contributed by atoms with E-state index in [9.17, 15) is 9.59 Å². The van der Waals surface area contributed by atoms with Crippen molar-refractivity contribution in [1.29, 1.82) is 0 Å². The van der Waals surface area contributed by atoms with Gasteiger partial charge >= 0.3 is 5.97 Å². The Kier molecular flexibility index (Phi) is 7.68. The predicted molar refractivity (Wildman–Crippen MR) is 115 cm³/mol. The Morgan fingerprint density at radius 2 is 1.80 bits per heavy atom. The summed E-state index contributed by atoms with van der Waals surface area (Å²) >= 11 is 0. The molecule has 30 heavy (non-hydrogen) atoms. The Labute approximate surface area is 177 Å². The summed E-state index contributed by atoms with van der Waals surface area (Å²) in [5.41, 5.74) is 2.11. The normalized spacial score (nSPS) is 15.3. The SMILES string of the molecule is COC(=O)[C@H](Cc1ccccc1)NC(=O)C[NH+]1CCN(c2cccc(OC)c2)CC1. The van der Waals surface area contributed by atoms with Gasteiger partial charge in [0.05, 0.1) is 40.4 Å². The highest BCUT2D eigenvalue weighted by Gasteiger charge is 2.26. The number of quaternary nitrogens is 1. The second-order valence-corrected chi connectivity index (χ2v) is 7.45. The quantitative estimate of drug-likeness (QED) is 0.611. The number of hydrogen-bond acceptors (Lipinski definition) is 5. The maximum atomic E-state index is 12.6. The lowest BCUT2D eigenvalue weighted by Gasteiger charge is -2.33. The van der Waals surface area contributed by atoms with Gasteiger partial charge in [-0.1, -0.05) is 36.4 Å². The molecule has 0 unspecified atom stereocenters. The van der Waals surface area contributed by atoms with Crippen molar-refractivity contribution in [2.24, 2.45) is 0 Å². The first-order chi connectivity index (χ1) is 14.6. The van der Waals surface area contributed by atoms with Crippen LogP contribution >= 0.6 is 0 Å². The van der Waals surface area contributed by atoms with Crippen molar-refractivity contribution >= 4 is 17.6 Å². The zero-order valence-electron chi connectivity index (χ0n) is 17.6. The molecular formula is C23H30N3O4+. The number of amides is 1. The number of benzene rings is 2. The Morgan fingerprint density at radius 1 is 1.07 bits per heavy atom. The van der Waals surface area contributed by atoms with Crippen LogP contribution in [-0.2, 0) is 20.7 Å². The summed E-state index contributed by atoms with van der Waals surface area (Å²) in [5, 5.41) is 2.86. The second kappa shape index (κ2) is 10.6. The Morgan fingerprint density at radius 3 is 2.47 bits per heavy atom. The van der Waals surface area contributed by atoms with Crippen LogP contribution in [0.5, 0.6) is 5.75 Å². The minimum absolute atomic E-state index is 0.133. The van der Waals surface area contributed by atoms with E-state index in [-0.39, 0.29) is 5.91 Å². The molecule has 160 valence electrons.